The van der Waals surface area contributed by atoms with Crippen molar-refractivity contribution in [2.24, 2.45) is 5.92 Å². The molecule has 142 valence electrons. The van der Waals surface area contributed by atoms with Gasteiger partial charge in [0.15, 0.2) is 0 Å². The second kappa shape index (κ2) is 7.75. The number of hydrogen-bond donors (Lipinski definition) is 1. The van der Waals surface area contributed by atoms with Crippen LogP contribution in [0.4, 0.5) is 5.69 Å². The molecule has 2 saturated carbocycles. The van der Waals surface area contributed by atoms with Gasteiger partial charge >= 0.3 is 0 Å². The van der Waals surface area contributed by atoms with Crippen LogP contribution in [0.15, 0.2) is 42.5 Å². The van der Waals surface area contributed by atoms with Crippen molar-refractivity contribution in [3.8, 4) is 5.75 Å². The van der Waals surface area contributed by atoms with Crippen LogP contribution in [0.5, 0.6) is 5.75 Å². The number of ether oxygens (including phenoxy) is 1. The topological polar surface area (TPSA) is 52.3 Å². The summed E-state index contributed by atoms with van der Waals surface area (Å²) in [4.78, 5) is 12.7. The molecule has 2 N–H and O–H groups in total. The number of hydrogen-bond acceptors (Lipinski definition) is 3. The molecule has 2 atom stereocenters. The molecule has 3 heteroatoms. The SMILES string of the molecule is COc1ccc(C2CC(=O)C(c3cccc(N)c3)C2)cc1CC1CCCC1. The maximum Gasteiger partial charge on any atom is 0.140 e. The first kappa shape index (κ1) is 18.1. The van der Waals surface area contributed by atoms with Crippen molar-refractivity contribution in [3.63, 3.8) is 0 Å². The van der Waals surface area contributed by atoms with Gasteiger partial charge in [-0.05, 0) is 59.6 Å². The van der Waals surface area contributed by atoms with E-state index in [2.05, 4.69) is 18.2 Å². The number of carbonyl (C=O) groups is 1. The number of rotatable bonds is 5. The summed E-state index contributed by atoms with van der Waals surface area (Å²) in [5, 5.41) is 0. The minimum Gasteiger partial charge on any atom is -0.496 e. The maximum atomic E-state index is 12.7. The lowest BCUT2D eigenvalue weighted by Crippen LogP contribution is -2.04. The summed E-state index contributed by atoms with van der Waals surface area (Å²) in [5.74, 6) is 2.36. The van der Waals surface area contributed by atoms with Crippen molar-refractivity contribution in [2.75, 3.05) is 12.8 Å². The number of benzene rings is 2. The van der Waals surface area contributed by atoms with Crippen molar-refractivity contribution in [1.29, 1.82) is 0 Å². The lowest BCUT2D eigenvalue weighted by molar-refractivity contribution is -0.118. The normalized spacial score (nSPS) is 23.1. The monoisotopic (exact) mass is 363 g/mol. The van der Waals surface area contributed by atoms with Crippen molar-refractivity contribution < 1.29 is 9.53 Å². The van der Waals surface area contributed by atoms with Crippen LogP contribution in [-0.2, 0) is 11.2 Å². The molecule has 4 rings (SSSR count). The molecule has 2 unspecified atom stereocenters. The molecule has 0 aliphatic heterocycles. The first-order chi connectivity index (χ1) is 13.1. The van der Waals surface area contributed by atoms with Crippen LogP contribution in [0.25, 0.3) is 0 Å². The molecule has 3 nitrogen and oxygen atoms in total. The predicted molar refractivity (Wildman–Crippen MR) is 109 cm³/mol. The summed E-state index contributed by atoms with van der Waals surface area (Å²) in [6, 6.07) is 14.3. The average molecular weight is 364 g/mol. The maximum absolute atomic E-state index is 12.7. The molecule has 0 radical (unpaired) electrons. The van der Waals surface area contributed by atoms with Crippen LogP contribution in [0.2, 0.25) is 0 Å². The third kappa shape index (κ3) is 3.87. The van der Waals surface area contributed by atoms with Gasteiger partial charge in [0.2, 0.25) is 0 Å². The Labute approximate surface area is 161 Å². The molecular weight excluding hydrogens is 334 g/mol. The van der Waals surface area contributed by atoms with Crippen molar-refractivity contribution in [1.82, 2.24) is 0 Å². The highest BCUT2D eigenvalue weighted by molar-refractivity contribution is 5.89. The first-order valence-corrected chi connectivity index (χ1v) is 10.2. The summed E-state index contributed by atoms with van der Waals surface area (Å²) in [7, 11) is 1.75. The molecule has 2 aliphatic rings. The summed E-state index contributed by atoms with van der Waals surface area (Å²) in [5.41, 5.74) is 10.3. The van der Waals surface area contributed by atoms with Gasteiger partial charge in [-0.3, -0.25) is 4.79 Å². The van der Waals surface area contributed by atoms with E-state index in [4.69, 9.17) is 10.5 Å². The fourth-order valence-electron chi connectivity index (χ4n) is 4.97. The number of carbonyl (C=O) groups excluding carboxylic acids is 1. The van der Waals surface area contributed by atoms with Crippen LogP contribution < -0.4 is 10.5 Å². The Hall–Kier alpha value is -2.29. The molecule has 0 bridgehead atoms. The number of Topliss-reactive ketones (excluding diaryl/α,β-unsaturated/α-hetero) is 1. The highest BCUT2D eigenvalue weighted by Crippen LogP contribution is 2.43. The van der Waals surface area contributed by atoms with Gasteiger partial charge < -0.3 is 10.5 Å². The highest BCUT2D eigenvalue weighted by atomic mass is 16.5. The fraction of sp³-hybridized carbons (Fsp3) is 0.458. The lowest BCUT2D eigenvalue weighted by Gasteiger charge is -2.17. The molecule has 27 heavy (non-hydrogen) atoms. The Morgan fingerprint density at radius 1 is 1.07 bits per heavy atom. The number of nitrogen functional groups attached to an aromatic ring is 1. The van der Waals surface area contributed by atoms with E-state index in [0.717, 1.165) is 35.8 Å². The number of ketones is 1. The number of nitrogens with two attached hydrogens (primary N) is 1. The number of anilines is 1. The summed E-state index contributed by atoms with van der Waals surface area (Å²) >= 11 is 0. The molecule has 2 aromatic carbocycles. The Morgan fingerprint density at radius 2 is 1.89 bits per heavy atom. The number of methoxy groups -OCH3 is 1. The summed E-state index contributed by atoms with van der Waals surface area (Å²) in [6.45, 7) is 0. The first-order valence-electron chi connectivity index (χ1n) is 10.2. The highest BCUT2D eigenvalue weighted by Gasteiger charge is 2.34. The van der Waals surface area contributed by atoms with Gasteiger partial charge in [-0.15, -0.1) is 0 Å². The zero-order valence-electron chi connectivity index (χ0n) is 16.1. The molecule has 2 aliphatic carbocycles. The van der Waals surface area contributed by atoms with E-state index in [9.17, 15) is 4.79 Å². The second-order valence-corrected chi connectivity index (χ2v) is 8.25. The summed E-state index contributed by atoms with van der Waals surface area (Å²) in [6.07, 6.45) is 7.94. The minimum atomic E-state index is -0.0288. The van der Waals surface area contributed by atoms with Crippen molar-refractivity contribution >= 4 is 11.5 Å². The van der Waals surface area contributed by atoms with E-state index in [0.29, 0.717) is 12.2 Å². The van der Waals surface area contributed by atoms with Crippen LogP contribution >= 0.6 is 0 Å². The fourth-order valence-corrected chi connectivity index (χ4v) is 4.97. The Balaban J connectivity index is 1.55. The van der Waals surface area contributed by atoms with Gasteiger partial charge in [0, 0.05) is 18.0 Å². The lowest BCUT2D eigenvalue weighted by atomic mass is 9.90. The molecule has 0 aromatic heterocycles. The van der Waals surface area contributed by atoms with Crippen LogP contribution in [-0.4, -0.2) is 12.9 Å². The quantitative estimate of drug-likeness (QED) is 0.739. The Kier molecular flexibility index (Phi) is 5.20. The van der Waals surface area contributed by atoms with Crippen molar-refractivity contribution in [2.45, 2.75) is 56.8 Å². The Bertz CT molecular complexity index is 823. The smallest absolute Gasteiger partial charge is 0.140 e. The summed E-state index contributed by atoms with van der Waals surface area (Å²) < 4.78 is 5.62. The van der Waals surface area contributed by atoms with Gasteiger partial charge in [0.05, 0.1) is 7.11 Å². The van der Waals surface area contributed by atoms with Crippen LogP contribution in [0.3, 0.4) is 0 Å². The van der Waals surface area contributed by atoms with Gasteiger partial charge in [-0.25, -0.2) is 0 Å². The molecule has 2 fully saturated rings. The average Bonchev–Trinajstić information content (AvgIpc) is 3.31. The van der Waals surface area contributed by atoms with Crippen molar-refractivity contribution in [3.05, 3.63) is 59.2 Å². The van der Waals surface area contributed by atoms with E-state index >= 15 is 0 Å². The zero-order chi connectivity index (χ0) is 18.8. The van der Waals surface area contributed by atoms with E-state index < -0.39 is 0 Å². The third-order valence-corrected chi connectivity index (χ3v) is 6.43. The molecular formula is C24H29NO2. The zero-order valence-corrected chi connectivity index (χ0v) is 16.1. The largest absolute Gasteiger partial charge is 0.496 e. The van der Waals surface area contributed by atoms with Crippen LogP contribution in [0, 0.1) is 5.92 Å². The van der Waals surface area contributed by atoms with E-state index in [1.165, 1.54) is 36.8 Å². The van der Waals surface area contributed by atoms with Crippen LogP contribution in [0.1, 0.15) is 67.1 Å². The van der Waals surface area contributed by atoms with Gasteiger partial charge in [-0.1, -0.05) is 49.9 Å². The molecule has 0 saturated heterocycles. The molecule has 2 aromatic rings. The molecule has 0 amide bonds. The predicted octanol–water partition coefficient (Wildman–Crippen LogP) is 5.24. The minimum absolute atomic E-state index is 0.0288. The van der Waals surface area contributed by atoms with E-state index in [1.54, 1.807) is 7.11 Å². The van der Waals surface area contributed by atoms with E-state index in [1.807, 2.05) is 24.3 Å². The molecule has 0 heterocycles. The van der Waals surface area contributed by atoms with Gasteiger partial charge in [-0.2, -0.15) is 0 Å². The molecule has 0 spiro atoms. The third-order valence-electron chi connectivity index (χ3n) is 6.43. The Morgan fingerprint density at radius 3 is 2.63 bits per heavy atom. The van der Waals surface area contributed by atoms with Gasteiger partial charge in [0.25, 0.3) is 0 Å². The second-order valence-electron chi connectivity index (χ2n) is 8.25. The van der Waals surface area contributed by atoms with Gasteiger partial charge in [0.1, 0.15) is 11.5 Å². The standard InChI is InChI=1S/C24H29NO2/c1-27-24-10-9-17(12-20(24)11-16-5-2-3-6-16)19-14-22(23(26)15-19)18-7-4-8-21(25)13-18/h4,7-10,12-13,16,19,22H,2-3,5-6,11,14-15,25H2,1H3. The van der Waals surface area contributed by atoms with E-state index in [-0.39, 0.29) is 11.8 Å².